The Labute approximate surface area is 129 Å². The molecule has 5 atom stereocenters. The summed E-state index contributed by atoms with van der Waals surface area (Å²) in [5, 5.41) is 0. The highest BCUT2D eigenvalue weighted by atomic mass is 16.5. The lowest BCUT2D eigenvalue weighted by molar-refractivity contribution is 0.0475. The maximum atomic E-state index is 5.99. The monoisotopic (exact) mass is 290 g/mol. The maximum absolute atomic E-state index is 5.99. The first-order valence-electron chi connectivity index (χ1n) is 8.03. The molecule has 1 saturated heterocycles. The molecule has 0 bridgehead atoms. The fourth-order valence-electron chi connectivity index (χ4n) is 4.05. The molecule has 21 heavy (non-hydrogen) atoms. The van der Waals surface area contributed by atoms with Crippen LogP contribution in [-0.2, 0) is 11.2 Å². The summed E-state index contributed by atoms with van der Waals surface area (Å²) in [6.45, 7) is 13.2. The van der Waals surface area contributed by atoms with E-state index in [4.69, 9.17) is 10.6 Å². The number of rotatable bonds is 4. The number of hydrogen-bond acceptors (Lipinski definition) is 3. The summed E-state index contributed by atoms with van der Waals surface area (Å²) in [7, 11) is 0. The molecule has 3 nitrogen and oxygen atoms in total. The van der Waals surface area contributed by atoms with Crippen molar-refractivity contribution in [1.82, 2.24) is 5.43 Å². The molecule has 5 unspecified atom stereocenters. The molecule has 0 radical (unpaired) electrons. The Bertz CT molecular complexity index is 477. The van der Waals surface area contributed by atoms with Crippen LogP contribution in [0, 0.1) is 32.6 Å². The van der Waals surface area contributed by atoms with Crippen molar-refractivity contribution in [3.8, 4) is 0 Å². The van der Waals surface area contributed by atoms with E-state index in [1.807, 2.05) is 0 Å². The van der Waals surface area contributed by atoms with E-state index in [0.717, 1.165) is 6.42 Å². The lowest BCUT2D eigenvalue weighted by Gasteiger charge is -2.29. The van der Waals surface area contributed by atoms with Crippen molar-refractivity contribution < 1.29 is 4.74 Å². The second kappa shape index (κ2) is 6.47. The van der Waals surface area contributed by atoms with E-state index >= 15 is 0 Å². The van der Waals surface area contributed by atoms with Gasteiger partial charge in [0.1, 0.15) is 0 Å². The van der Waals surface area contributed by atoms with Crippen LogP contribution < -0.4 is 11.3 Å². The first-order valence-corrected chi connectivity index (χ1v) is 8.03. The zero-order valence-electron chi connectivity index (χ0n) is 14.2. The van der Waals surface area contributed by atoms with E-state index < -0.39 is 0 Å². The fourth-order valence-corrected chi connectivity index (χ4v) is 4.05. The average molecular weight is 290 g/mol. The molecule has 1 aliphatic heterocycles. The summed E-state index contributed by atoms with van der Waals surface area (Å²) in [4.78, 5) is 0. The minimum atomic E-state index is 0.250. The van der Waals surface area contributed by atoms with Crippen LogP contribution in [0.5, 0.6) is 0 Å². The summed E-state index contributed by atoms with van der Waals surface area (Å²) in [5.74, 6) is 6.86. The van der Waals surface area contributed by atoms with Gasteiger partial charge in [0.15, 0.2) is 0 Å². The van der Waals surface area contributed by atoms with Gasteiger partial charge in [-0.1, -0.05) is 24.6 Å². The quantitative estimate of drug-likeness (QED) is 0.662. The molecule has 2 rings (SSSR count). The SMILES string of the molecule is Cc1cc(C)c(CC(NN)C2C(C)OC(C)C2C)c(C)c1. The number of ether oxygens (including phenoxy) is 1. The van der Waals surface area contributed by atoms with Gasteiger partial charge < -0.3 is 4.74 Å². The molecule has 3 N–H and O–H groups in total. The minimum Gasteiger partial charge on any atom is -0.375 e. The molecular weight excluding hydrogens is 260 g/mol. The van der Waals surface area contributed by atoms with Crippen molar-refractivity contribution >= 4 is 0 Å². The molecule has 118 valence electrons. The zero-order chi connectivity index (χ0) is 15.7. The molecule has 1 fully saturated rings. The molecule has 1 aromatic rings. The first kappa shape index (κ1) is 16.5. The molecule has 1 aromatic carbocycles. The Balaban J connectivity index is 2.24. The van der Waals surface area contributed by atoms with Gasteiger partial charge in [-0.3, -0.25) is 11.3 Å². The topological polar surface area (TPSA) is 47.3 Å². The number of hydrazine groups is 1. The van der Waals surface area contributed by atoms with Crippen LogP contribution in [0.2, 0.25) is 0 Å². The summed E-state index contributed by atoms with van der Waals surface area (Å²) >= 11 is 0. The smallest absolute Gasteiger partial charge is 0.0597 e. The van der Waals surface area contributed by atoms with E-state index in [9.17, 15) is 0 Å². The standard InChI is InChI=1S/C18H30N2O/c1-10-7-11(2)16(12(3)8-10)9-17(20-19)18-13(4)14(5)21-15(18)6/h7-8,13-15,17-18,20H,9,19H2,1-6H3. The summed E-state index contributed by atoms with van der Waals surface area (Å²) in [5.41, 5.74) is 8.53. The van der Waals surface area contributed by atoms with E-state index in [2.05, 4.69) is 59.1 Å². The van der Waals surface area contributed by atoms with Crippen LogP contribution in [0.25, 0.3) is 0 Å². The number of nitrogens with two attached hydrogens (primary N) is 1. The highest BCUT2D eigenvalue weighted by Crippen LogP contribution is 2.35. The lowest BCUT2D eigenvalue weighted by atomic mass is 9.80. The predicted molar refractivity (Wildman–Crippen MR) is 88.1 cm³/mol. The number of hydrogen-bond donors (Lipinski definition) is 2. The van der Waals surface area contributed by atoms with Gasteiger partial charge >= 0.3 is 0 Å². The molecule has 0 aliphatic carbocycles. The van der Waals surface area contributed by atoms with Gasteiger partial charge in [0, 0.05) is 12.0 Å². The second-order valence-corrected chi connectivity index (χ2v) is 6.84. The molecular formula is C18H30N2O. The third kappa shape index (κ3) is 3.31. The minimum absolute atomic E-state index is 0.250. The van der Waals surface area contributed by atoms with Gasteiger partial charge in [-0.15, -0.1) is 0 Å². The second-order valence-electron chi connectivity index (χ2n) is 6.84. The van der Waals surface area contributed by atoms with Crippen molar-refractivity contribution in [3.05, 3.63) is 34.4 Å². The highest BCUT2D eigenvalue weighted by molar-refractivity contribution is 5.38. The number of benzene rings is 1. The zero-order valence-corrected chi connectivity index (χ0v) is 14.2. The Morgan fingerprint density at radius 2 is 1.67 bits per heavy atom. The van der Waals surface area contributed by atoms with Gasteiger partial charge in [0.2, 0.25) is 0 Å². The van der Waals surface area contributed by atoms with Gasteiger partial charge in [-0.25, -0.2) is 0 Å². The van der Waals surface area contributed by atoms with Crippen molar-refractivity contribution in [1.29, 1.82) is 0 Å². The van der Waals surface area contributed by atoms with E-state index in [-0.39, 0.29) is 12.1 Å². The molecule has 3 heteroatoms. The van der Waals surface area contributed by atoms with Crippen LogP contribution in [0.3, 0.4) is 0 Å². The number of nitrogens with one attached hydrogen (secondary N) is 1. The maximum Gasteiger partial charge on any atom is 0.0597 e. The first-order chi connectivity index (χ1) is 9.85. The summed E-state index contributed by atoms with van der Waals surface area (Å²) < 4.78 is 5.99. The molecule has 0 spiro atoms. The summed E-state index contributed by atoms with van der Waals surface area (Å²) in [6, 6.07) is 4.77. The van der Waals surface area contributed by atoms with Crippen molar-refractivity contribution in [3.63, 3.8) is 0 Å². The van der Waals surface area contributed by atoms with E-state index in [0.29, 0.717) is 17.9 Å². The Hall–Kier alpha value is -0.900. The molecule has 0 aromatic heterocycles. The highest BCUT2D eigenvalue weighted by Gasteiger charge is 2.41. The van der Waals surface area contributed by atoms with Crippen LogP contribution >= 0.6 is 0 Å². The average Bonchev–Trinajstić information content (AvgIpc) is 2.64. The summed E-state index contributed by atoms with van der Waals surface area (Å²) in [6.07, 6.45) is 1.52. The van der Waals surface area contributed by atoms with E-state index in [1.165, 1.54) is 22.3 Å². The largest absolute Gasteiger partial charge is 0.375 e. The molecule has 0 amide bonds. The molecule has 1 heterocycles. The van der Waals surface area contributed by atoms with Crippen molar-refractivity contribution in [2.24, 2.45) is 17.7 Å². The van der Waals surface area contributed by atoms with Gasteiger partial charge in [-0.2, -0.15) is 0 Å². The Kier molecular flexibility index (Phi) is 5.07. The lowest BCUT2D eigenvalue weighted by Crippen LogP contribution is -2.47. The fraction of sp³-hybridized carbons (Fsp3) is 0.667. The molecule has 1 aliphatic rings. The third-order valence-corrected chi connectivity index (χ3v) is 5.26. The normalized spacial score (nSPS) is 30.6. The van der Waals surface area contributed by atoms with Gasteiger partial charge in [-0.05, 0) is 63.6 Å². The predicted octanol–water partition coefficient (Wildman–Crippen LogP) is 3.05. The van der Waals surface area contributed by atoms with Crippen LogP contribution in [0.4, 0.5) is 0 Å². The van der Waals surface area contributed by atoms with Crippen LogP contribution in [0.1, 0.15) is 43.0 Å². The Morgan fingerprint density at radius 1 is 1.10 bits per heavy atom. The Morgan fingerprint density at radius 3 is 2.10 bits per heavy atom. The third-order valence-electron chi connectivity index (χ3n) is 5.26. The van der Waals surface area contributed by atoms with Crippen molar-refractivity contribution in [2.75, 3.05) is 0 Å². The molecule has 0 saturated carbocycles. The van der Waals surface area contributed by atoms with Gasteiger partial charge in [0.05, 0.1) is 12.2 Å². The number of aryl methyl sites for hydroxylation is 3. The van der Waals surface area contributed by atoms with Crippen molar-refractivity contribution in [2.45, 2.75) is 66.2 Å². The van der Waals surface area contributed by atoms with Gasteiger partial charge in [0.25, 0.3) is 0 Å². The van der Waals surface area contributed by atoms with Crippen LogP contribution in [0.15, 0.2) is 12.1 Å². The van der Waals surface area contributed by atoms with E-state index in [1.54, 1.807) is 0 Å². The van der Waals surface area contributed by atoms with Crippen LogP contribution in [-0.4, -0.2) is 18.2 Å².